The van der Waals surface area contributed by atoms with E-state index in [1.54, 1.807) is 12.4 Å². The summed E-state index contributed by atoms with van der Waals surface area (Å²) in [7, 11) is -1.43. The van der Waals surface area contributed by atoms with Crippen LogP contribution in [-0.2, 0) is 10.0 Å². The molecule has 3 rings (SSSR count). The molecule has 2 aliphatic rings. The van der Waals surface area contributed by atoms with Gasteiger partial charge in [-0.15, -0.1) is 0 Å². The molecule has 0 unspecified atom stereocenters. The van der Waals surface area contributed by atoms with Crippen molar-refractivity contribution in [2.24, 2.45) is 5.41 Å². The smallest absolute Gasteiger partial charge is 0.215 e. The highest BCUT2D eigenvalue weighted by Crippen LogP contribution is 2.46. The summed E-state index contributed by atoms with van der Waals surface area (Å²) in [5, 5.41) is 9.11. The highest BCUT2D eigenvalue weighted by atomic mass is 32.2. The summed E-state index contributed by atoms with van der Waals surface area (Å²) < 4.78 is 26.6. The van der Waals surface area contributed by atoms with Gasteiger partial charge in [0, 0.05) is 32.0 Å². The van der Waals surface area contributed by atoms with E-state index in [1.165, 1.54) is 4.31 Å². The third-order valence-electron chi connectivity index (χ3n) is 4.39. The Morgan fingerprint density at radius 3 is 2.86 bits per heavy atom. The molecule has 1 saturated heterocycles. The van der Waals surface area contributed by atoms with Crippen molar-refractivity contribution in [3.05, 3.63) is 18.2 Å². The summed E-state index contributed by atoms with van der Waals surface area (Å²) in [5.74, 6) is 0.726. The Bertz CT molecular complexity index is 645. The number of aromatic nitrogens is 2. The number of imidazole rings is 1. The van der Waals surface area contributed by atoms with E-state index in [4.69, 9.17) is 5.26 Å². The molecule has 1 N–H and O–H groups in total. The highest BCUT2D eigenvalue weighted by molar-refractivity contribution is 7.89. The van der Waals surface area contributed by atoms with Crippen LogP contribution in [0.4, 0.5) is 0 Å². The third-order valence-corrected chi connectivity index (χ3v) is 6.42. The Morgan fingerprint density at radius 2 is 2.29 bits per heavy atom. The second kappa shape index (κ2) is 5.09. The number of piperazine rings is 1. The van der Waals surface area contributed by atoms with Crippen molar-refractivity contribution in [1.29, 1.82) is 5.26 Å². The van der Waals surface area contributed by atoms with Crippen LogP contribution in [0.25, 0.3) is 0 Å². The van der Waals surface area contributed by atoms with Crippen LogP contribution in [0.2, 0.25) is 0 Å². The number of sulfonamides is 1. The number of likely N-dealkylation sites (N-methyl/N-ethyl adjacent to an activating group) is 1. The molecule has 114 valence electrons. The van der Waals surface area contributed by atoms with Crippen molar-refractivity contribution < 1.29 is 8.42 Å². The molecule has 1 aromatic rings. The summed E-state index contributed by atoms with van der Waals surface area (Å²) in [6, 6.07) is 2.09. The molecule has 0 bridgehead atoms. The van der Waals surface area contributed by atoms with Crippen LogP contribution in [0.15, 0.2) is 12.4 Å². The summed E-state index contributed by atoms with van der Waals surface area (Å²) in [6.07, 6.45) is 4.80. The molecule has 21 heavy (non-hydrogen) atoms. The van der Waals surface area contributed by atoms with Gasteiger partial charge in [-0.1, -0.05) is 0 Å². The van der Waals surface area contributed by atoms with Crippen LogP contribution < -0.4 is 0 Å². The summed E-state index contributed by atoms with van der Waals surface area (Å²) >= 11 is 0. The Morgan fingerprint density at radius 1 is 1.52 bits per heavy atom. The first-order valence-corrected chi connectivity index (χ1v) is 8.65. The lowest BCUT2D eigenvalue weighted by molar-refractivity contribution is 0.142. The molecule has 0 spiro atoms. The van der Waals surface area contributed by atoms with Gasteiger partial charge in [-0.05, 0) is 19.9 Å². The lowest BCUT2D eigenvalue weighted by Crippen LogP contribution is -2.50. The van der Waals surface area contributed by atoms with Gasteiger partial charge in [0.05, 0.1) is 23.3 Å². The van der Waals surface area contributed by atoms with E-state index < -0.39 is 15.4 Å². The van der Waals surface area contributed by atoms with Crippen molar-refractivity contribution >= 4 is 10.0 Å². The van der Waals surface area contributed by atoms with E-state index >= 15 is 0 Å². The first-order valence-electron chi connectivity index (χ1n) is 7.04. The Hall–Kier alpha value is -1.43. The molecule has 8 heteroatoms. The highest BCUT2D eigenvalue weighted by Gasteiger charge is 2.48. The molecular weight excluding hydrogens is 290 g/mol. The molecule has 0 amide bonds. The molecule has 0 aromatic carbocycles. The Kier molecular flexibility index (Phi) is 3.51. The fourth-order valence-electron chi connectivity index (χ4n) is 2.74. The summed E-state index contributed by atoms with van der Waals surface area (Å²) in [4.78, 5) is 9.39. The van der Waals surface area contributed by atoms with Gasteiger partial charge < -0.3 is 4.98 Å². The van der Waals surface area contributed by atoms with E-state index in [0.29, 0.717) is 32.5 Å². The molecule has 1 aliphatic carbocycles. The van der Waals surface area contributed by atoms with Crippen LogP contribution in [0.5, 0.6) is 0 Å². The van der Waals surface area contributed by atoms with Crippen molar-refractivity contribution in [3.8, 4) is 6.07 Å². The van der Waals surface area contributed by atoms with Gasteiger partial charge in [0.1, 0.15) is 5.82 Å². The van der Waals surface area contributed by atoms with Crippen molar-refractivity contribution in [3.63, 3.8) is 0 Å². The average molecular weight is 309 g/mol. The van der Waals surface area contributed by atoms with E-state index in [-0.39, 0.29) is 11.8 Å². The number of nitriles is 1. The minimum atomic E-state index is -3.40. The second-order valence-electron chi connectivity index (χ2n) is 5.98. The van der Waals surface area contributed by atoms with Crippen molar-refractivity contribution in [1.82, 2.24) is 19.2 Å². The monoisotopic (exact) mass is 309 g/mol. The maximum absolute atomic E-state index is 12.5. The lowest BCUT2D eigenvalue weighted by Gasteiger charge is -2.37. The molecular formula is C13H19N5O2S. The van der Waals surface area contributed by atoms with E-state index in [9.17, 15) is 8.42 Å². The SMILES string of the molecule is CN1CCN(S(=O)(=O)CC2(C#N)CC2)C[C@@H]1c1ncc[nH]1. The first-order chi connectivity index (χ1) is 9.96. The van der Waals surface area contributed by atoms with E-state index in [2.05, 4.69) is 20.9 Å². The number of aromatic amines is 1. The van der Waals surface area contributed by atoms with Gasteiger partial charge in [0.15, 0.2) is 0 Å². The van der Waals surface area contributed by atoms with E-state index in [0.717, 1.165) is 5.82 Å². The standard InChI is InChI=1S/C13H19N5O2S/c1-17-6-7-18(8-11(17)12-15-4-5-16-12)21(19,20)10-13(9-14)2-3-13/h4-5,11H,2-3,6-8,10H2,1H3,(H,15,16)/t11-/m1/s1. The first kappa shape index (κ1) is 14.5. The van der Waals surface area contributed by atoms with Gasteiger partial charge in [-0.3, -0.25) is 4.90 Å². The second-order valence-corrected chi connectivity index (χ2v) is 7.95. The van der Waals surface area contributed by atoms with Crippen molar-refractivity contribution in [2.45, 2.75) is 18.9 Å². The van der Waals surface area contributed by atoms with Crippen LogP contribution in [0.1, 0.15) is 24.7 Å². The fraction of sp³-hybridized carbons (Fsp3) is 0.692. The van der Waals surface area contributed by atoms with Crippen LogP contribution in [0, 0.1) is 16.7 Å². The number of nitrogens with one attached hydrogen (secondary N) is 1. The maximum Gasteiger partial charge on any atom is 0.215 e. The number of nitrogens with zero attached hydrogens (tertiary/aromatic N) is 4. The van der Waals surface area contributed by atoms with E-state index in [1.807, 2.05) is 7.05 Å². The lowest BCUT2D eigenvalue weighted by atomic mass is 10.2. The quantitative estimate of drug-likeness (QED) is 0.865. The predicted molar refractivity (Wildman–Crippen MR) is 76.6 cm³/mol. The minimum Gasteiger partial charge on any atom is -0.347 e. The number of hydrogen-bond donors (Lipinski definition) is 1. The predicted octanol–water partition coefficient (Wildman–Crippen LogP) is 0.332. The maximum atomic E-state index is 12.5. The van der Waals surface area contributed by atoms with Gasteiger partial charge in [0.25, 0.3) is 0 Å². The molecule has 1 saturated carbocycles. The van der Waals surface area contributed by atoms with Crippen LogP contribution in [-0.4, -0.2) is 60.0 Å². The molecule has 2 heterocycles. The summed E-state index contributed by atoms with van der Waals surface area (Å²) in [5.41, 5.74) is -0.637. The van der Waals surface area contributed by atoms with Crippen LogP contribution in [0.3, 0.4) is 0 Å². The molecule has 7 nitrogen and oxygen atoms in total. The Balaban J connectivity index is 1.76. The molecule has 0 radical (unpaired) electrons. The Labute approximate surface area is 124 Å². The van der Waals surface area contributed by atoms with Gasteiger partial charge in [0.2, 0.25) is 10.0 Å². The van der Waals surface area contributed by atoms with Crippen LogP contribution >= 0.6 is 0 Å². The molecule has 2 fully saturated rings. The molecule has 1 aliphatic heterocycles. The number of rotatable bonds is 4. The summed E-state index contributed by atoms with van der Waals surface area (Å²) in [6.45, 7) is 1.51. The zero-order chi connectivity index (χ0) is 15.1. The fourth-order valence-corrected chi connectivity index (χ4v) is 4.70. The topological polar surface area (TPSA) is 93.1 Å². The van der Waals surface area contributed by atoms with Gasteiger partial charge in [-0.25, -0.2) is 13.4 Å². The number of hydrogen-bond acceptors (Lipinski definition) is 5. The zero-order valence-corrected chi connectivity index (χ0v) is 12.8. The largest absolute Gasteiger partial charge is 0.347 e. The van der Waals surface area contributed by atoms with Gasteiger partial charge in [-0.2, -0.15) is 9.57 Å². The zero-order valence-electron chi connectivity index (χ0n) is 12.0. The normalized spacial score (nSPS) is 26.4. The molecule has 1 atom stereocenters. The third kappa shape index (κ3) is 2.81. The minimum absolute atomic E-state index is 0.0505. The number of H-pyrrole nitrogens is 1. The van der Waals surface area contributed by atoms with Gasteiger partial charge >= 0.3 is 0 Å². The van der Waals surface area contributed by atoms with Crippen molar-refractivity contribution in [2.75, 3.05) is 32.4 Å². The molecule has 1 aromatic heterocycles. The average Bonchev–Trinajstić information content (AvgIpc) is 3.00.